The first kappa shape index (κ1) is 14.0. The number of aldehydes is 2. The van der Waals surface area contributed by atoms with Crippen LogP contribution in [0.3, 0.4) is 0 Å². The van der Waals surface area contributed by atoms with Crippen LogP contribution in [-0.2, 0) is 9.59 Å². The molecule has 0 unspecified atom stereocenters. The van der Waals surface area contributed by atoms with Gasteiger partial charge in [0.2, 0.25) is 0 Å². The second kappa shape index (κ2) is 6.61. The van der Waals surface area contributed by atoms with E-state index in [1.165, 1.54) is 18.5 Å². The molecule has 0 saturated heterocycles. The van der Waals surface area contributed by atoms with Crippen molar-refractivity contribution in [2.75, 3.05) is 0 Å². The topological polar surface area (TPSA) is 62.8 Å². The molecule has 0 atom stereocenters. The standard InChI is InChI=1S/C9H5ClF2N2.C2H2O2/c10-5-1-2-6(11)7(8(5)12)9-13-3-4-14-9;3-1-2-4/h1-4H,(H,13,14);1-2H. The van der Waals surface area contributed by atoms with Gasteiger partial charge >= 0.3 is 0 Å². The molecule has 0 aliphatic heterocycles. The summed E-state index contributed by atoms with van der Waals surface area (Å²) in [6, 6.07) is 2.27. The first-order valence-electron chi connectivity index (χ1n) is 4.64. The van der Waals surface area contributed by atoms with Crippen molar-refractivity contribution in [3.8, 4) is 11.4 Å². The maximum Gasteiger partial charge on any atom is 0.182 e. The van der Waals surface area contributed by atoms with E-state index in [2.05, 4.69) is 9.97 Å². The van der Waals surface area contributed by atoms with E-state index in [0.29, 0.717) is 0 Å². The monoisotopic (exact) mass is 272 g/mol. The van der Waals surface area contributed by atoms with Crippen LogP contribution in [0.5, 0.6) is 0 Å². The van der Waals surface area contributed by atoms with Crippen molar-refractivity contribution in [2.45, 2.75) is 0 Å². The Morgan fingerprint density at radius 2 is 1.89 bits per heavy atom. The van der Waals surface area contributed by atoms with Crippen LogP contribution < -0.4 is 0 Å². The number of imidazole rings is 1. The minimum absolute atomic E-state index is 0.127. The summed E-state index contributed by atoms with van der Waals surface area (Å²) in [6.07, 6.45) is 3.28. The highest BCUT2D eigenvalue weighted by molar-refractivity contribution is 6.31. The normalized spacial score (nSPS) is 9.28. The maximum absolute atomic E-state index is 13.4. The fourth-order valence-corrected chi connectivity index (χ4v) is 1.30. The number of hydrogen-bond acceptors (Lipinski definition) is 3. The lowest BCUT2D eigenvalue weighted by Crippen LogP contribution is -1.92. The van der Waals surface area contributed by atoms with Crippen LogP contribution in [0.25, 0.3) is 11.4 Å². The van der Waals surface area contributed by atoms with Crippen LogP contribution in [0.2, 0.25) is 5.02 Å². The molecule has 1 N–H and O–H groups in total. The van der Waals surface area contributed by atoms with Gasteiger partial charge in [-0.05, 0) is 12.1 Å². The number of aromatic nitrogens is 2. The van der Waals surface area contributed by atoms with Crippen molar-refractivity contribution in [3.05, 3.63) is 41.2 Å². The predicted molar refractivity (Wildman–Crippen MR) is 61.1 cm³/mol. The second-order valence-corrected chi connectivity index (χ2v) is 3.34. The fourth-order valence-electron chi connectivity index (χ4n) is 1.15. The van der Waals surface area contributed by atoms with Crippen LogP contribution in [0.15, 0.2) is 24.5 Å². The zero-order valence-corrected chi connectivity index (χ0v) is 9.62. The summed E-state index contributed by atoms with van der Waals surface area (Å²) < 4.78 is 26.6. The summed E-state index contributed by atoms with van der Waals surface area (Å²) in [4.78, 5) is 24.0. The molecule has 0 saturated carbocycles. The summed E-state index contributed by atoms with van der Waals surface area (Å²) in [5, 5.41) is -0.127. The third kappa shape index (κ3) is 3.21. The number of rotatable bonds is 2. The SMILES string of the molecule is Fc1ccc(Cl)c(F)c1-c1ncc[nH]1.O=CC=O. The number of carbonyl (C=O) groups excluding carboxylic acids is 2. The van der Waals surface area contributed by atoms with Crippen molar-refractivity contribution in [3.63, 3.8) is 0 Å². The van der Waals surface area contributed by atoms with Crippen molar-refractivity contribution < 1.29 is 18.4 Å². The van der Waals surface area contributed by atoms with Gasteiger partial charge in [0.25, 0.3) is 0 Å². The molecule has 2 aromatic rings. The van der Waals surface area contributed by atoms with E-state index < -0.39 is 11.6 Å². The number of nitrogens with zero attached hydrogens (tertiary/aromatic N) is 1. The zero-order valence-electron chi connectivity index (χ0n) is 8.86. The molecule has 2 rings (SSSR count). The maximum atomic E-state index is 13.4. The molecular formula is C11H7ClF2N2O2. The molecule has 94 valence electrons. The van der Waals surface area contributed by atoms with Crippen LogP contribution in [0.4, 0.5) is 8.78 Å². The van der Waals surface area contributed by atoms with Gasteiger partial charge in [0.1, 0.15) is 11.6 Å². The fraction of sp³-hybridized carbons (Fsp3) is 0. The summed E-state index contributed by atoms with van der Waals surface area (Å²) in [5.41, 5.74) is -0.234. The van der Waals surface area contributed by atoms with E-state index in [4.69, 9.17) is 21.2 Å². The van der Waals surface area contributed by atoms with E-state index in [1.807, 2.05) is 0 Å². The van der Waals surface area contributed by atoms with Gasteiger partial charge < -0.3 is 4.98 Å². The van der Waals surface area contributed by atoms with Crippen LogP contribution >= 0.6 is 11.6 Å². The second-order valence-electron chi connectivity index (χ2n) is 2.93. The average molecular weight is 273 g/mol. The summed E-state index contributed by atoms with van der Waals surface area (Å²) in [7, 11) is 0. The summed E-state index contributed by atoms with van der Waals surface area (Å²) in [5.74, 6) is -1.37. The van der Waals surface area contributed by atoms with E-state index in [1.54, 1.807) is 0 Å². The van der Waals surface area contributed by atoms with Gasteiger partial charge in [0, 0.05) is 12.4 Å². The molecule has 1 heterocycles. The van der Waals surface area contributed by atoms with Gasteiger partial charge in [0.15, 0.2) is 18.4 Å². The number of halogens is 3. The van der Waals surface area contributed by atoms with Crippen LogP contribution in [-0.4, -0.2) is 22.5 Å². The minimum atomic E-state index is -0.804. The molecule has 7 heteroatoms. The smallest absolute Gasteiger partial charge is 0.182 e. The van der Waals surface area contributed by atoms with Gasteiger partial charge in [-0.1, -0.05) is 11.6 Å². The number of nitrogens with one attached hydrogen (secondary N) is 1. The Bertz CT molecular complexity index is 538. The molecule has 0 radical (unpaired) electrons. The Morgan fingerprint density at radius 1 is 1.22 bits per heavy atom. The predicted octanol–water partition coefficient (Wildman–Crippen LogP) is 2.39. The lowest BCUT2D eigenvalue weighted by atomic mass is 10.2. The summed E-state index contributed by atoms with van der Waals surface area (Å²) in [6.45, 7) is 0. The van der Waals surface area contributed by atoms with E-state index >= 15 is 0 Å². The number of hydrogen-bond donors (Lipinski definition) is 1. The highest BCUT2D eigenvalue weighted by atomic mass is 35.5. The Hall–Kier alpha value is -2.08. The third-order valence-corrected chi connectivity index (χ3v) is 2.13. The molecular weight excluding hydrogens is 266 g/mol. The lowest BCUT2D eigenvalue weighted by Gasteiger charge is -2.02. The van der Waals surface area contributed by atoms with Gasteiger partial charge in [-0.2, -0.15) is 0 Å². The van der Waals surface area contributed by atoms with Crippen molar-refractivity contribution >= 4 is 24.2 Å². The zero-order chi connectivity index (χ0) is 13.5. The van der Waals surface area contributed by atoms with Gasteiger partial charge in [-0.3, -0.25) is 9.59 Å². The molecule has 4 nitrogen and oxygen atoms in total. The first-order chi connectivity index (χ1) is 8.61. The van der Waals surface area contributed by atoms with Crippen molar-refractivity contribution in [1.29, 1.82) is 0 Å². The number of H-pyrrole nitrogens is 1. The Balaban J connectivity index is 0.000000357. The minimum Gasteiger partial charge on any atom is -0.344 e. The molecule has 0 fully saturated rings. The van der Waals surface area contributed by atoms with Crippen molar-refractivity contribution in [1.82, 2.24) is 9.97 Å². The molecule has 0 aliphatic rings. The molecule has 0 spiro atoms. The van der Waals surface area contributed by atoms with E-state index in [0.717, 1.165) is 6.07 Å². The quantitative estimate of drug-likeness (QED) is 0.519. The summed E-state index contributed by atoms with van der Waals surface area (Å²) >= 11 is 5.52. The molecule has 0 amide bonds. The first-order valence-corrected chi connectivity index (χ1v) is 5.01. The highest BCUT2D eigenvalue weighted by Crippen LogP contribution is 2.27. The van der Waals surface area contributed by atoms with Crippen LogP contribution in [0.1, 0.15) is 0 Å². The number of aromatic amines is 1. The number of carbonyl (C=O) groups is 2. The molecule has 1 aromatic heterocycles. The largest absolute Gasteiger partial charge is 0.344 e. The van der Waals surface area contributed by atoms with Gasteiger partial charge in [0.05, 0.1) is 10.6 Å². The van der Waals surface area contributed by atoms with Gasteiger partial charge in [-0.15, -0.1) is 0 Å². The van der Waals surface area contributed by atoms with E-state index in [9.17, 15) is 8.78 Å². The average Bonchev–Trinajstić information content (AvgIpc) is 2.88. The lowest BCUT2D eigenvalue weighted by molar-refractivity contribution is -0.122. The Kier molecular flexibility index (Phi) is 5.13. The number of benzene rings is 1. The molecule has 1 aromatic carbocycles. The van der Waals surface area contributed by atoms with E-state index in [-0.39, 0.29) is 29.0 Å². The molecule has 18 heavy (non-hydrogen) atoms. The Morgan fingerprint density at radius 3 is 2.39 bits per heavy atom. The molecule has 0 bridgehead atoms. The van der Waals surface area contributed by atoms with Gasteiger partial charge in [-0.25, -0.2) is 13.8 Å². The van der Waals surface area contributed by atoms with Crippen LogP contribution in [0, 0.1) is 11.6 Å². The highest BCUT2D eigenvalue weighted by Gasteiger charge is 2.15. The third-order valence-electron chi connectivity index (χ3n) is 1.83. The molecule has 0 aliphatic carbocycles. The van der Waals surface area contributed by atoms with Crippen molar-refractivity contribution in [2.24, 2.45) is 0 Å². The Labute approximate surface area is 106 Å².